The van der Waals surface area contributed by atoms with Gasteiger partial charge in [0.05, 0.1) is 18.3 Å². The van der Waals surface area contributed by atoms with E-state index in [-0.39, 0.29) is 50.4 Å². The first-order chi connectivity index (χ1) is 17.5. The summed E-state index contributed by atoms with van der Waals surface area (Å²) < 4.78 is 45.4. The number of ketones is 1. The van der Waals surface area contributed by atoms with E-state index in [1.807, 2.05) is 24.3 Å². The largest absolute Gasteiger partial charge is 0.447 e. The first-order valence-electron chi connectivity index (χ1n) is 12.6. The Labute approximate surface area is 212 Å². The number of ether oxygens (including phenoxy) is 1. The molecule has 0 bridgehead atoms. The van der Waals surface area contributed by atoms with Crippen molar-refractivity contribution in [3.05, 3.63) is 47.0 Å². The topological polar surface area (TPSA) is 84.7 Å². The molecule has 0 radical (unpaired) electrons. The average molecular weight is 519 g/mol. The number of carbonyl (C=O) groups is 3. The van der Waals surface area contributed by atoms with Gasteiger partial charge in [0.15, 0.2) is 5.78 Å². The van der Waals surface area contributed by atoms with E-state index in [4.69, 9.17) is 4.74 Å². The number of halogens is 3. The molecule has 37 heavy (non-hydrogen) atoms. The van der Waals surface area contributed by atoms with Crippen molar-refractivity contribution < 1.29 is 32.3 Å². The lowest BCUT2D eigenvalue weighted by atomic mass is 9.75. The van der Waals surface area contributed by atoms with E-state index in [1.165, 1.54) is 4.90 Å². The molecule has 2 aromatic rings. The molecule has 0 unspecified atom stereocenters. The number of likely N-dealkylation sites (tertiary alicyclic amines) is 1. The van der Waals surface area contributed by atoms with Gasteiger partial charge in [-0.25, -0.2) is 9.78 Å². The van der Waals surface area contributed by atoms with Crippen LogP contribution in [0, 0.1) is 0 Å². The van der Waals surface area contributed by atoms with Crippen molar-refractivity contribution in [2.75, 3.05) is 18.0 Å². The number of benzene rings is 1. The Morgan fingerprint density at radius 2 is 1.89 bits per heavy atom. The van der Waals surface area contributed by atoms with Crippen LogP contribution in [0.2, 0.25) is 0 Å². The van der Waals surface area contributed by atoms with Gasteiger partial charge in [-0.15, -0.1) is 0 Å². The first kappa shape index (κ1) is 25.3. The molecule has 2 aliphatic heterocycles. The van der Waals surface area contributed by atoms with Crippen LogP contribution in [-0.2, 0) is 34.5 Å². The third-order valence-electron chi connectivity index (χ3n) is 7.22. The van der Waals surface area contributed by atoms with Gasteiger partial charge in [-0.05, 0) is 44.7 Å². The molecular formula is C26H29F3N4O4. The highest BCUT2D eigenvalue weighted by Crippen LogP contribution is 2.48. The molecule has 0 saturated carbocycles. The van der Waals surface area contributed by atoms with Gasteiger partial charge in [-0.2, -0.15) is 13.2 Å². The number of amides is 2. The maximum absolute atomic E-state index is 13.8. The van der Waals surface area contributed by atoms with Crippen LogP contribution >= 0.6 is 0 Å². The fourth-order valence-electron chi connectivity index (χ4n) is 5.58. The molecule has 3 aliphatic rings. The minimum Gasteiger partial charge on any atom is -0.447 e. The highest BCUT2D eigenvalue weighted by molar-refractivity contribution is 6.09. The monoisotopic (exact) mass is 518 g/mol. The smallest absolute Gasteiger partial charge is 0.410 e. The first-order valence-corrected chi connectivity index (χ1v) is 12.6. The van der Waals surface area contributed by atoms with Crippen molar-refractivity contribution in [3.63, 3.8) is 0 Å². The van der Waals surface area contributed by atoms with Gasteiger partial charge in [0.25, 0.3) is 0 Å². The maximum atomic E-state index is 13.8. The molecule has 198 valence electrons. The lowest BCUT2D eigenvalue weighted by Crippen LogP contribution is -2.65. The highest BCUT2D eigenvalue weighted by atomic mass is 19.4. The molecule has 8 nitrogen and oxygen atoms in total. The molecule has 11 heteroatoms. The zero-order chi connectivity index (χ0) is 26.5. The number of para-hydroxylation sites is 1. The van der Waals surface area contributed by atoms with E-state index >= 15 is 0 Å². The molecule has 1 fully saturated rings. The maximum Gasteiger partial charge on any atom is 0.410 e. The van der Waals surface area contributed by atoms with E-state index in [0.717, 1.165) is 5.56 Å². The number of hydrogen-bond donors (Lipinski definition) is 0. The number of fused-ring (bicyclic) bond motifs is 3. The van der Waals surface area contributed by atoms with Gasteiger partial charge in [-0.1, -0.05) is 18.2 Å². The number of aromatic nitrogens is 2. The van der Waals surface area contributed by atoms with Gasteiger partial charge in [-0.3, -0.25) is 9.59 Å². The van der Waals surface area contributed by atoms with Crippen LogP contribution in [0.5, 0.6) is 0 Å². The predicted molar refractivity (Wildman–Crippen MR) is 127 cm³/mol. The van der Waals surface area contributed by atoms with Crippen molar-refractivity contribution in [1.82, 2.24) is 14.5 Å². The summed E-state index contributed by atoms with van der Waals surface area (Å²) in [5.74, 6) is 0.0735. The molecule has 1 aromatic heterocycles. The third kappa shape index (κ3) is 4.48. The molecule has 3 heterocycles. The number of aryl methyl sites for hydroxylation is 1. The lowest BCUT2D eigenvalue weighted by Gasteiger charge is -2.46. The number of carbonyl (C=O) groups excluding carboxylic acids is 3. The minimum atomic E-state index is -4.30. The number of nitrogens with zero attached hydrogens (tertiary/aromatic N) is 4. The summed E-state index contributed by atoms with van der Waals surface area (Å²) in [6, 6.07) is 7.33. The fraction of sp³-hybridized carbons (Fsp3) is 0.538. The van der Waals surface area contributed by atoms with Crippen LogP contribution < -0.4 is 4.90 Å². The van der Waals surface area contributed by atoms with Crippen LogP contribution in [0.4, 0.5) is 23.7 Å². The average Bonchev–Trinajstić information content (AvgIpc) is 3.25. The summed E-state index contributed by atoms with van der Waals surface area (Å²) in [5.41, 5.74) is 1.52. The zero-order valence-corrected chi connectivity index (χ0v) is 20.8. The molecular weight excluding hydrogens is 489 g/mol. The third-order valence-corrected chi connectivity index (χ3v) is 7.22. The van der Waals surface area contributed by atoms with E-state index in [1.54, 1.807) is 23.3 Å². The van der Waals surface area contributed by atoms with E-state index in [9.17, 15) is 27.6 Å². The van der Waals surface area contributed by atoms with Crippen LogP contribution in [-0.4, -0.2) is 57.6 Å². The normalized spacial score (nSPS) is 18.3. The second-order valence-corrected chi connectivity index (χ2v) is 10.2. The van der Waals surface area contributed by atoms with Gasteiger partial charge in [0, 0.05) is 38.2 Å². The summed E-state index contributed by atoms with van der Waals surface area (Å²) in [6.07, 6.45) is -4.67. The minimum absolute atomic E-state index is 0.00738. The molecule has 1 saturated heterocycles. The lowest BCUT2D eigenvalue weighted by molar-refractivity contribution is -0.136. The van der Waals surface area contributed by atoms with Crippen LogP contribution in [0.15, 0.2) is 24.3 Å². The van der Waals surface area contributed by atoms with E-state index in [2.05, 4.69) is 4.98 Å². The Hall–Kier alpha value is -3.37. The highest BCUT2D eigenvalue weighted by Gasteiger charge is 2.59. The van der Waals surface area contributed by atoms with Gasteiger partial charge in [0.2, 0.25) is 5.91 Å². The Morgan fingerprint density at radius 3 is 2.59 bits per heavy atom. The summed E-state index contributed by atoms with van der Waals surface area (Å²) in [4.78, 5) is 46.6. The number of rotatable bonds is 6. The fourth-order valence-corrected chi connectivity index (χ4v) is 5.58. The number of hydrogen-bond acceptors (Lipinski definition) is 5. The van der Waals surface area contributed by atoms with Crippen molar-refractivity contribution in [2.45, 2.75) is 76.7 Å². The van der Waals surface area contributed by atoms with Crippen LogP contribution in [0.3, 0.4) is 0 Å². The molecule has 1 aromatic carbocycles. The SMILES string of the molecule is CC(C)OC(=O)N1CC2(C1)C(=O)N(Cc1nc3c(n1CCCC(F)(F)F)C(=O)CCC3)c1ccccc12. The van der Waals surface area contributed by atoms with Crippen LogP contribution in [0.1, 0.15) is 67.1 Å². The van der Waals surface area contributed by atoms with Gasteiger partial charge < -0.3 is 19.1 Å². The van der Waals surface area contributed by atoms with Crippen molar-refractivity contribution >= 4 is 23.5 Å². The Bertz CT molecular complexity index is 1250. The quantitative estimate of drug-likeness (QED) is 0.567. The summed E-state index contributed by atoms with van der Waals surface area (Å²) in [6.45, 7) is 3.89. The number of Topliss-reactive ketones (excluding diaryl/α,β-unsaturated/α-hetero) is 1. The molecule has 1 spiro atoms. The molecule has 5 rings (SSSR count). The van der Waals surface area contributed by atoms with Crippen molar-refractivity contribution in [1.29, 1.82) is 0 Å². The second-order valence-electron chi connectivity index (χ2n) is 10.2. The van der Waals surface area contributed by atoms with Crippen molar-refractivity contribution in [2.24, 2.45) is 0 Å². The number of alkyl halides is 3. The van der Waals surface area contributed by atoms with Gasteiger partial charge in [0.1, 0.15) is 16.9 Å². The van der Waals surface area contributed by atoms with E-state index < -0.39 is 24.1 Å². The van der Waals surface area contributed by atoms with E-state index in [0.29, 0.717) is 42.2 Å². The summed E-state index contributed by atoms with van der Waals surface area (Å²) in [5, 5.41) is 0. The number of anilines is 1. The Kier molecular flexibility index (Phi) is 6.27. The number of imidazole rings is 1. The Morgan fingerprint density at radius 1 is 1.16 bits per heavy atom. The van der Waals surface area contributed by atoms with Gasteiger partial charge >= 0.3 is 12.3 Å². The zero-order valence-electron chi connectivity index (χ0n) is 20.8. The summed E-state index contributed by atoms with van der Waals surface area (Å²) in [7, 11) is 0. The second kappa shape index (κ2) is 9.18. The summed E-state index contributed by atoms with van der Waals surface area (Å²) >= 11 is 0. The Balaban J connectivity index is 1.43. The van der Waals surface area contributed by atoms with Crippen molar-refractivity contribution in [3.8, 4) is 0 Å². The standard InChI is InChI=1S/C26H29F3N4O4/c1-16(2)37-24(36)31-14-25(15-31)17-7-3-4-9-19(17)33(23(25)35)13-21-30-18-8-5-10-20(34)22(18)32(21)12-6-11-26(27,28)29/h3-4,7,9,16H,5-6,8,10-15H2,1-2H3. The molecule has 2 amide bonds. The van der Waals surface area contributed by atoms with Crippen LogP contribution in [0.25, 0.3) is 0 Å². The molecule has 1 aliphatic carbocycles. The molecule has 0 N–H and O–H groups in total. The molecule has 0 atom stereocenters. The predicted octanol–water partition coefficient (Wildman–Crippen LogP) is 4.39.